The molecule has 0 bridgehead atoms. The topological polar surface area (TPSA) is 49.8 Å². The highest BCUT2D eigenvalue weighted by molar-refractivity contribution is 5.80. The average molecular weight is 345 g/mol. The Kier molecular flexibility index (Phi) is 4.84. The second kappa shape index (κ2) is 6.64. The molecule has 4 heteroatoms. The lowest BCUT2D eigenvalue weighted by Crippen LogP contribution is -2.51. The zero-order valence-electron chi connectivity index (χ0n) is 15.9. The molecule has 1 aliphatic heterocycles. The van der Waals surface area contributed by atoms with Crippen molar-refractivity contribution in [3.8, 4) is 5.75 Å². The van der Waals surface area contributed by atoms with Crippen molar-refractivity contribution in [2.45, 2.75) is 70.5 Å². The molecule has 0 unspecified atom stereocenters. The van der Waals surface area contributed by atoms with Crippen LogP contribution < -0.4 is 4.74 Å². The molecule has 1 aromatic rings. The molecule has 1 saturated heterocycles. The van der Waals surface area contributed by atoms with Gasteiger partial charge in [0.05, 0.1) is 5.60 Å². The molecule has 2 fully saturated rings. The molecule has 4 nitrogen and oxygen atoms in total. The summed E-state index contributed by atoms with van der Waals surface area (Å²) in [5.41, 5.74) is 0.814. The normalized spacial score (nSPS) is 27.7. The highest BCUT2D eigenvalue weighted by Gasteiger charge is 2.44. The van der Waals surface area contributed by atoms with Crippen LogP contribution in [0.2, 0.25) is 0 Å². The van der Waals surface area contributed by atoms with E-state index in [1.165, 1.54) is 5.56 Å². The number of benzene rings is 1. The molecule has 1 N–H and O–H groups in total. The summed E-state index contributed by atoms with van der Waals surface area (Å²) in [4.78, 5) is 14.4. The number of hydrogen-bond donors (Lipinski definition) is 1. The monoisotopic (exact) mass is 345 g/mol. The summed E-state index contributed by atoms with van der Waals surface area (Å²) in [6.45, 7) is 9.93. The number of aliphatic hydroxyl groups is 1. The Balaban J connectivity index is 1.47. The highest BCUT2D eigenvalue weighted by atomic mass is 16.5. The number of nitrogens with zero attached hydrogens (tertiary/aromatic N) is 1. The van der Waals surface area contributed by atoms with Gasteiger partial charge in [-0.05, 0) is 42.9 Å². The van der Waals surface area contributed by atoms with Crippen LogP contribution >= 0.6 is 0 Å². The number of likely N-dealkylation sites (tertiary alicyclic amines) is 1. The van der Waals surface area contributed by atoms with Crippen molar-refractivity contribution in [3.05, 3.63) is 29.8 Å². The first-order valence-corrected chi connectivity index (χ1v) is 9.42. The zero-order valence-corrected chi connectivity index (χ0v) is 15.9. The second-order valence-corrected chi connectivity index (χ2v) is 9.02. The van der Waals surface area contributed by atoms with Gasteiger partial charge in [-0.15, -0.1) is 0 Å². The Morgan fingerprint density at radius 1 is 1.16 bits per heavy atom. The average Bonchev–Trinajstić information content (AvgIpc) is 2.52. The van der Waals surface area contributed by atoms with Crippen molar-refractivity contribution in [2.24, 2.45) is 5.92 Å². The number of amides is 1. The quantitative estimate of drug-likeness (QED) is 0.912. The SMILES string of the molecule is CC1(O)CC(C(=O)N2CCC(Oc3ccc(C(C)(C)C)cc3)CC2)C1. The van der Waals surface area contributed by atoms with Crippen molar-refractivity contribution in [3.63, 3.8) is 0 Å². The number of hydrogen-bond acceptors (Lipinski definition) is 3. The maximum Gasteiger partial charge on any atom is 0.225 e. The lowest BCUT2D eigenvalue weighted by molar-refractivity contribution is -0.151. The summed E-state index contributed by atoms with van der Waals surface area (Å²) in [6.07, 6.45) is 3.12. The molecular weight excluding hydrogens is 314 g/mol. The minimum Gasteiger partial charge on any atom is -0.490 e. The largest absolute Gasteiger partial charge is 0.490 e. The lowest BCUT2D eigenvalue weighted by atomic mass is 9.71. The summed E-state index contributed by atoms with van der Waals surface area (Å²) in [7, 11) is 0. The van der Waals surface area contributed by atoms with Crippen LogP contribution in [0.5, 0.6) is 5.75 Å². The summed E-state index contributed by atoms with van der Waals surface area (Å²) in [5.74, 6) is 1.13. The van der Waals surface area contributed by atoms with Gasteiger partial charge in [-0.2, -0.15) is 0 Å². The maximum atomic E-state index is 12.4. The van der Waals surface area contributed by atoms with Gasteiger partial charge in [0.1, 0.15) is 11.9 Å². The molecule has 0 spiro atoms. The third kappa shape index (κ3) is 4.35. The standard InChI is InChI=1S/C21H31NO3/c1-20(2,3)16-5-7-17(8-6-16)25-18-9-11-22(12-10-18)19(23)15-13-21(4,24)14-15/h5-8,15,18,24H,9-14H2,1-4H3. The van der Waals surface area contributed by atoms with Crippen molar-refractivity contribution >= 4 is 5.91 Å². The van der Waals surface area contributed by atoms with E-state index in [0.29, 0.717) is 12.8 Å². The highest BCUT2D eigenvalue weighted by Crippen LogP contribution is 2.38. The van der Waals surface area contributed by atoms with Gasteiger partial charge in [-0.1, -0.05) is 32.9 Å². The van der Waals surface area contributed by atoms with Gasteiger partial charge in [0.2, 0.25) is 5.91 Å². The molecule has 25 heavy (non-hydrogen) atoms. The summed E-state index contributed by atoms with van der Waals surface area (Å²) < 4.78 is 6.11. The molecule has 2 aliphatic rings. The minimum absolute atomic E-state index is 0.0115. The summed E-state index contributed by atoms with van der Waals surface area (Å²) in [6, 6.07) is 8.37. The van der Waals surface area contributed by atoms with E-state index in [9.17, 15) is 9.90 Å². The first-order chi connectivity index (χ1) is 11.6. The van der Waals surface area contributed by atoms with Crippen LogP contribution in [0.4, 0.5) is 0 Å². The van der Waals surface area contributed by atoms with E-state index < -0.39 is 5.60 Å². The van der Waals surface area contributed by atoms with Crippen LogP contribution in [0.3, 0.4) is 0 Å². The fraction of sp³-hybridized carbons (Fsp3) is 0.667. The van der Waals surface area contributed by atoms with Crippen LogP contribution in [0, 0.1) is 5.92 Å². The van der Waals surface area contributed by atoms with Crippen molar-refractivity contribution in [1.82, 2.24) is 4.90 Å². The molecule has 0 atom stereocenters. The smallest absolute Gasteiger partial charge is 0.225 e. The Bertz CT molecular complexity index is 599. The van der Waals surface area contributed by atoms with Gasteiger partial charge >= 0.3 is 0 Å². The number of ether oxygens (including phenoxy) is 1. The van der Waals surface area contributed by atoms with Gasteiger partial charge in [0, 0.05) is 31.8 Å². The van der Waals surface area contributed by atoms with Gasteiger partial charge in [-0.3, -0.25) is 4.79 Å². The first-order valence-electron chi connectivity index (χ1n) is 9.42. The van der Waals surface area contributed by atoms with E-state index in [1.54, 1.807) is 0 Å². The molecule has 1 aromatic carbocycles. The van der Waals surface area contributed by atoms with Crippen LogP contribution in [0.15, 0.2) is 24.3 Å². The number of rotatable bonds is 3. The van der Waals surface area contributed by atoms with Gasteiger partial charge in [0.25, 0.3) is 0 Å². The molecule has 1 aliphatic carbocycles. The minimum atomic E-state index is -0.638. The molecular formula is C21H31NO3. The van der Waals surface area contributed by atoms with E-state index in [0.717, 1.165) is 31.7 Å². The zero-order chi connectivity index (χ0) is 18.2. The van der Waals surface area contributed by atoms with Gasteiger partial charge < -0.3 is 14.7 Å². The predicted octanol–water partition coefficient (Wildman–Crippen LogP) is 3.51. The summed E-state index contributed by atoms with van der Waals surface area (Å²) >= 11 is 0. The van der Waals surface area contributed by atoms with Gasteiger partial charge in [0.15, 0.2) is 0 Å². The van der Waals surface area contributed by atoms with Crippen LogP contribution in [0.1, 0.15) is 58.9 Å². The van der Waals surface area contributed by atoms with Crippen LogP contribution in [-0.4, -0.2) is 40.7 Å². The molecule has 1 amide bonds. The third-order valence-electron chi connectivity index (χ3n) is 5.50. The number of carbonyl (C=O) groups is 1. The van der Waals surface area contributed by atoms with Crippen molar-refractivity contribution in [1.29, 1.82) is 0 Å². The first kappa shape index (κ1) is 18.2. The van der Waals surface area contributed by atoms with Gasteiger partial charge in [-0.25, -0.2) is 0 Å². The van der Waals surface area contributed by atoms with E-state index in [4.69, 9.17) is 4.74 Å². The third-order valence-corrected chi connectivity index (χ3v) is 5.50. The summed E-state index contributed by atoms with van der Waals surface area (Å²) in [5, 5.41) is 9.82. The fourth-order valence-electron chi connectivity index (χ4n) is 3.85. The maximum absolute atomic E-state index is 12.4. The predicted molar refractivity (Wildman–Crippen MR) is 98.7 cm³/mol. The lowest BCUT2D eigenvalue weighted by Gasteiger charge is -2.43. The molecule has 0 aromatic heterocycles. The van der Waals surface area contributed by atoms with Crippen molar-refractivity contribution in [2.75, 3.05) is 13.1 Å². The Labute approximate surface area is 151 Å². The Morgan fingerprint density at radius 2 is 1.72 bits per heavy atom. The van der Waals surface area contributed by atoms with E-state index in [2.05, 4.69) is 45.0 Å². The van der Waals surface area contributed by atoms with Crippen molar-refractivity contribution < 1.29 is 14.6 Å². The van der Waals surface area contributed by atoms with E-state index in [-0.39, 0.29) is 23.3 Å². The van der Waals surface area contributed by atoms with Crippen LogP contribution in [-0.2, 0) is 10.2 Å². The second-order valence-electron chi connectivity index (χ2n) is 9.02. The van der Waals surface area contributed by atoms with E-state index in [1.807, 2.05) is 11.8 Å². The Morgan fingerprint density at radius 3 is 2.20 bits per heavy atom. The number of piperidine rings is 1. The molecule has 3 rings (SSSR count). The van der Waals surface area contributed by atoms with E-state index >= 15 is 0 Å². The molecule has 0 radical (unpaired) electrons. The fourth-order valence-corrected chi connectivity index (χ4v) is 3.85. The molecule has 1 heterocycles. The number of carbonyl (C=O) groups excluding carboxylic acids is 1. The molecule has 1 saturated carbocycles. The molecule has 138 valence electrons. The Hall–Kier alpha value is -1.55. The van der Waals surface area contributed by atoms with Crippen LogP contribution in [0.25, 0.3) is 0 Å².